The van der Waals surface area contributed by atoms with Crippen molar-refractivity contribution in [3.63, 3.8) is 0 Å². The largest absolute Gasteiger partial charge is 0.486 e. The van der Waals surface area contributed by atoms with Crippen molar-refractivity contribution in [3.8, 4) is 11.5 Å². The van der Waals surface area contributed by atoms with Crippen LogP contribution in [0.15, 0.2) is 46.9 Å². The first kappa shape index (κ1) is 18.5. The lowest BCUT2D eigenvalue weighted by molar-refractivity contribution is -0.121. The minimum atomic E-state index is -0.223. The maximum Gasteiger partial charge on any atom is 0.220 e. The van der Waals surface area contributed by atoms with E-state index in [0.29, 0.717) is 30.3 Å². The number of carbonyl (C=O) groups excluding carboxylic acids is 2. The molecule has 1 aliphatic rings. The number of ether oxygens (including phenoxy) is 2. The van der Waals surface area contributed by atoms with Gasteiger partial charge >= 0.3 is 0 Å². The second kappa shape index (κ2) is 8.36. The lowest BCUT2D eigenvalue weighted by atomic mass is 10.1. The first-order valence-electron chi connectivity index (χ1n) is 8.51. The Morgan fingerprint density at radius 3 is 2.42 bits per heavy atom. The van der Waals surface area contributed by atoms with E-state index in [0.717, 1.165) is 10.0 Å². The van der Waals surface area contributed by atoms with Gasteiger partial charge < -0.3 is 14.8 Å². The fourth-order valence-corrected chi connectivity index (χ4v) is 3.46. The number of carbonyl (C=O) groups is 2. The zero-order valence-electron chi connectivity index (χ0n) is 14.5. The van der Waals surface area contributed by atoms with Crippen LogP contribution in [0.2, 0.25) is 0 Å². The number of nitrogens with one attached hydrogen (secondary N) is 1. The van der Waals surface area contributed by atoms with Gasteiger partial charge in [-0.05, 0) is 24.6 Å². The van der Waals surface area contributed by atoms with Gasteiger partial charge in [-0.15, -0.1) is 0 Å². The molecule has 0 fully saturated rings. The van der Waals surface area contributed by atoms with Gasteiger partial charge in [0.15, 0.2) is 17.3 Å². The number of hydrogen-bond donors (Lipinski definition) is 1. The number of fused-ring (bicyclic) bond motifs is 1. The number of ketones is 1. The highest BCUT2D eigenvalue weighted by Gasteiger charge is 2.19. The van der Waals surface area contributed by atoms with Crippen LogP contribution < -0.4 is 14.8 Å². The average molecular weight is 418 g/mol. The van der Waals surface area contributed by atoms with Crippen molar-refractivity contribution in [1.82, 2.24) is 5.32 Å². The minimum Gasteiger partial charge on any atom is -0.486 e. The number of hydrogen-bond acceptors (Lipinski definition) is 4. The molecular weight excluding hydrogens is 398 g/mol. The molecule has 0 bridgehead atoms. The molecule has 3 rings (SSSR count). The van der Waals surface area contributed by atoms with E-state index in [1.807, 2.05) is 37.3 Å². The molecule has 1 unspecified atom stereocenters. The standard InChI is InChI=1S/C20H20BrNO4/c1-13(15-11-18-19(12-16(15)21)26-10-9-25-18)22-20(24)8-7-17(23)14-5-3-2-4-6-14/h2-6,11-13H,7-10H2,1H3,(H,22,24). The van der Waals surface area contributed by atoms with Gasteiger partial charge in [-0.25, -0.2) is 0 Å². The molecule has 2 aromatic rings. The van der Waals surface area contributed by atoms with Crippen molar-refractivity contribution >= 4 is 27.6 Å². The average Bonchev–Trinajstić information content (AvgIpc) is 2.66. The first-order valence-corrected chi connectivity index (χ1v) is 9.30. The third kappa shape index (κ3) is 4.43. The molecule has 0 saturated heterocycles. The maximum atomic E-state index is 12.2. The summed E-state index contributed by atoms with van der Waals surface area (Å²) in [4.78, 5) is 24.3. The van der Waals surface area contributed by atoms with E-state index in [1.54, 1.807) is 12.1 Å². The number of Topliss-reactive ketones (excluding diaryl/α,β-unsaturated/α-hetero) is 1. The molecule has 2 aromatic carbocycles. The van der Waals surface area contributed by atoms with Gasteiger partial charge in [0.1, 0.15) is 13.2 Å². The van der Waals surface area contributed by atoms with Crippen LogP contribution in [0, 0.1) is 0 Å². The van der Waals surface area contributed by atoms with E-state index < -0.39 is 0 Å². The zero-order chi connectivity index (χ0) is 18.5. The van der Waals surface area contributed by atoms with Crippen molar-refractivity contribution in [3.05, 3.63) is 58.1 Å². The molecule has 26 heavy (non-hydrogen) atoms. The van der Waals surface area contributed by atoms with Gasteiger partial charge in [-0.2, -0.15) is 0 Å². The summed E-state index contributed by atoms with van der Waals surface area (Å²) in [6.07, 6.45) is 0.338. The van der Waals surface area contributed by atoms with E-state index in [9.17, 15) is 9.59 Å². The third-order valence-corrected chi connectivity index (χ3v) is 4.87. The van der Waals surface area contributed by atoms with E-state index in [1.165, 1.54) is 0 Å². The highest BCUT2D eigenvalue weighted by Crippen LogP contribution is 2.37. The van der Waals surface area contributed by atoms with E-state index in [4.69, 9.17) is 9.47 Å². The number of amides is 1. The molecule has 136 valence electrons. The van der Waals surface area contributed by atoms with Crippen LogP contribution in [0.4, 0.5) is 0 Å². The molecule has 1 atom stereocenters. The monoisotopic (exact) mass is 417 g/mol. The molecule has 5 nitrogen and oxygen atoms in total. The molecule has 0 aliphatic carbocycles. The van der Waals surface area contributed by atoms with Crippen LogP contribution in [0.25, 0.3) is 0 Å². The molecule has 0 radical (unpaired) electrons. The fourth-order valence-electron chi connectivity index (χ4n) is 2.80. The summed E-state index contributed by atoms with van der Waals surface area (Å²) in [5.41, 5.74) is 1.53. The lowest BCUT2D eigenvalue weighted by Crippen LogP contribution is -2.27. The van der Waals surface area contributed by atoms with E-state index in [-0.39, 0.29) is 30.6 Å². The van der Waals surface area contributed by atoms with Crippen molar-refractivity contribution in [2.75, 3.05) is 13.2 Å². The lowest BCUT2D eigenvalue weighted by Gasteiger charge is -2.22. The Kier molecular flexibility index (Phi) is 5.93. The van der Waals surface area contributed by atoms with Crippen LogP contribution in [0.3, 0.4) is 0 Å². The highest BCUT2D eigenvalue weighted by atomic mass is 79.9. The van der Waals surface area contributed by atoms with E-state index in [2.05, 4.69) is 21.2 Å². The van der Waals surface area contributed by atoms with Crippen LogP contribution in [0.5, 0.6) is 11.5 Å². The molecular formula is C20H20BrNO4. The molecule has 1 amide bonds. The summed E-state index contributed by atoms with van der Waals surface area (Å²) >= 11 is 3.52. The Balaban J connectivity index is 1.58. The molecule has 1 heterocycles. The predicted octanol–water partition coefficient (Wildman–Crippen LogP) is 4.06. The van der Waals surface area contributed by atoms with Gasteiger partial charge in [0.2, 0.25) is 5.91 Å². The molecule has 0 saturated carbocycles. The predicted molar refractivity (Wildman–Crippen MR) is 102 cm³/mol. The Morgan fingerprint density at radius 2 is 1.73 bits per heavy atom. The third-order valence-electron chi connectivity index (χ3n) is 4.18. The van der Waals surface area contributed by atoms with Gasteiger partial charge in [0.25, 0.3) is 0 Å². The second-order valence-electron chi connectivity index (χ2n) is 6.10. The first-order chi connectivity index (χ1) is 12.5. The Morgan fingerprint density at radius 1 is 1.08 bits per heavy atom. The topological polar surface area (TPSA) is 64.6 Å². The van der Waals surface area contributed by atoms with Crippen LogP contribution in [-0.4, -0.2) is 24.9 Å². The zero-order valence-corrected chi connectivity index (χ0v) is 16.0. The molecule has 0 aromatic heterocycles. The Labute approximate surface area is 160 Å². The highest BCUT2D eigenvalue weighted by molar-refractivity contribution is 9.10. The summed E-state index contributed by atoms with van der Waals surface area (Å²) in [5, 5.41) is 2.93. The smallest absolute Gasteiger partial charge is 0.220 e. The Hall–Kier alpha value is -2.34. The van der Waals surface area contributed by atoms with Crippen LogP contribution >= 0.6 is 15.9 Å². The molecule has 6 heteroatoms. The molecule has 1 aliphatic heterocycles. The van der Waals surface area contributed by atoms with E-state index >= 15 is 0 Å². The summed E-state index contributed by atoms with van der Waals surface area (Å²) in [6, 6.07) is 12.5. The SMILES string of the molecule is CC(NC(=O)CCC(=O)c1ccccc1)c1cc2c(cc1Br)OCCO2. The Bertz CT molecular complexity index is 807. The summed E-state index contributed by atoms with van der Waals surface area (Å²) in [5.74, 6) is 1.17. The number of benzene rings is 2. The van der Waals surface area contributed by atoms with Crippen LogP contribution in [-0.2, 0) is 4.79 Å². The number of halogens is 1. The summed E-state index contributed by atoms with van der Waals surface area (Å²) < 4.78 is 12.0. The number of rotatable bonds is 6. The van der Waals surface area contributed by atoms with Crippen molar-refractivity contribution in [2.45, 2.75) is 25.8 Å². The van der Waals surface area contributed by atoms with Gasteiger partial charge in [0, 0.05) is 22.9 Å². The quantitative estimate of drug-likeness (QED) is 0.719. The van der Waals surface area contributed by atoms with Crippen molar-refractivity contribution in [1.29, 1.82) is 0 Å². The van der Waals surface area contributed by atoms with Gasteiger partial charge in [-0.3, -0.25) is 9.59 Å². The maximum absolute atomic E-state index is 12.2. The van der Waals surface area contributed by atoms with Crippen molar-refractivity contribution in [2.24, 2.45) is 0 Å². The summed E-state index contributed by atoms with van der Waals surface area (Å²) in [7, 11) is 0. The molecule has 1 N–H and O–H groups in total. The fraction of sp³-hybridized carbons (Fsp3) is 0.300. The normalized spacial score (nSPS) is 13.8. The second-order valence-corrected chi connectivity index (χ2v) is 6.95. The van der Waals surface area contributed by atoms with Crippen LogP contribution in [0.1, 0.15) is 41.7 Å². The summed E-state index contributed by atoms with van der Waals surface area (Å²) in [6.45, 7) is 2.93. The van der Waals surface area contributed by atoms with Crippen molar-refractivity contribution < 1.29 is 19.1 Å². The van der Waals surface area contributed by atoms with Gasteiger partial charge in [0.05, 0.1) is 6.04 Å². The van der Waals surface area contributed by atoms with Gasteiger partial charge in [-0.1, -0.05) is 46.3 Å². The molecule has 0 spiro atoms. The minimum absolute atomic E-state index is 0.0334.